The van der Waals surface area contributed by atoms with Crippen LogP contribution in [0.15, 0.2) is 6.07 Å². The predicted molar refractivity (Wildman–Crippen MR) is 82.6 cm³/mol. The number of hydrogen-bond donors (Lipinski definition) is 3. The number of nitrogens with one attached hydrogen (secondary N) is 1. The minimum Gasteiger partial charge on any atom is -0.397 e. The fraction of sp³-hybridized carbons (Fsp3) is 0.467. The van der Waals surface area contributed by atoms with E-state index in [0.717, 1.165) is 48.0 Å². The van der Waals surface area contributed by atoms with Gasteiger partial charge in [0.15, 0.2) is 0 Å². The number of aromatic nitrogens is 1. The van der Waals surface area contributed by atoms with Gasteiger partial charge in [0.25, 0.3) is 5.91 Å². The summed E-state index contributed by atoms with van der Waals surface area (Å²) in [7, 11) is 0. The van der Waals surface area contributed by atoms with E-state index in [-0.39, 0.29) is 12.5 Å². The lowest BCUT2D eigenvalue weighted by Crippen LogP contribution is -2.39. The number of carbonyl (C=O) groups excluding carboxylic acids is 1. The first-order chi connectivity index (χ1) is 10.1. The Morgan fingerprint density at radius 3 is 3.00 bits per heavy atom. The highest BCUT2D eigenvalue weighted by Gasteiger charge is 2.44. The molecule has 0 radical (unpaired) electrons. The van der Waals surface area contributed by atoms with Gasteiger partial charge in [0, 0.05) is 11.1 Å². The number of pyridine rings is 1. The van der Waals surface area contributed by atoms with Crippen molar-refractivity contribution in [1.29, 1.82) is 0 Å². The largest absolute Gasteiger partial charge is 0.397 e. The van der Waals surface area contributed by atoms with E-state index in [0.29, 0.717) is 10.6 Å². The zero-order chi connectivity index (χ0) is 14.6. The molecule has 0 aliphatic heterocycles. The number of amides is 1. The summed E-state index contributed by atoms with van der Waals surface area (Å²) in [4.78, 5) is 18.4. The molecule has 4 N–H and O–H groups in total. The average molecular weight is 303 g/mol. The molecule has 0 bridgehead atoms. The van der Waals surface area contributed by atoms with Gasteiger partial charge in [0.05, 0.1) is 17.8 Å². The van der Waals surface area contributed by atoms with E-state index >= 15 is 0 Å². The SMILES string of the molecule is Nc1c(C(=O)NC2(CO)CC2)sc2nc3c(cc12)CCC3. The molecule has 1 fully saturated rings. The number of aliphatic hydroxyl groups is 1. The Balaban J connectivity index is 1.72. The van der Waals surface area contributed by atoms with Gasteiger partial charge in [-0.1, -0.05) is 0 Å². The number of hydrogen-bond acceptors (Lipinski definition) is 5. The summed E-state index contributed by atoms with van der Waals surface area (Å²) in [5.41, 5.74) is 8.66. The molecule has 2 aromatic rings. The standard InChI is InChI=1S/C15H17N3O2S/c16-11-9-6-8-2-1-3-10(8)17-14(9)21-12(11)13(20)18-15(7-19)4-5-15/h6,19H,1-5,7,16H2,(H,18,20). The molecule has 0 spiro atoms. The molecule has 0 saturated heterocycles. The van der Waals surface area contributed by atoms with Crippen LogP contribution in [-0.2, 0) is 12.8 Å². The number of aryl methyl sites for hydroxylation is 2. The van der Waals surface area contributed by atoms with Gasteiger partial charge in [0.1, 0.15) is 9.71 Å². The van der Waals surface area contributed by atoms with Crippen LogP contribution >= 0.6 is 11.3 Å². The predicted octanol–water partition coefficient (Wildman–Crippen LogP) is 1.62. The van der Waals surface area contributed by atoms with Crippen molar-refractivity contribution in [2.24, 2.45) is 0 Å². The van der Waals surface area contributed by atoms with Gasteiger partial charge in [-0.05, 0) is 43.7 Å². The number of anilines is 1. The number of fused-ring (bicyclic) bond motifs is 2. The van der Waals surface area contributed by atoms with Crippen molar-refractivity contribution in [1.82, 2.24) is 10.3 Å². The van der Waals surface area contributed by atoms with E-state index in [4.69, 9.17) is 5.73 Å². The zero-order valence-corrected chi connectivity index (χ0v) is 12.4. The van der Waals surface area contributed by atoms with Gasteiger partial charge in [0.2, 0.25) is 0 Å². The number of carbonyl (C=O) groups is 1. The second kappa shape index (κ2) is 4.42. The summed E-state index contributed by atoms with van der Waals surface area (Å²) in [5.74, 6) is -0.192. The lowest BCUT2D eigenvalue weighted by molar-refractivity contribution is 0.0912. The molecule has 1 amide bonds. The number of aliphatic hydroxyl groups excluding tert-OH is 1. The summed E-state index contributed by atoms with van der Waals surface area (Å²) < 4.78 is 0. The quantitative estimate of drug-likeness (QED) is 0.804. The number of nitrogens with zero attached hydrogens (tertiary/aromatic N) is 1. The molecule has 2 aromatic heterocycles. The van der Waals surface area contributed by atoms with Crippen LogP contribution in [0.2, 0.25) is 0 Å². The molecule has 5 nitrogen and oxygen atoms in total. The van der Waals surface area contributed by atoms with Crippen molar-refractivity contribution in [3.63, 3.8) is 0 Å². The maximum Gasteiger partial charge on any atom is 0.264 e. The minimum atomic E-state index is -0.422. The second-order valence-electron chi connectivity index (χ2n) is 6.04. The molecule has 110 valence electrons. The van der Waals surface area contributed by atoms with E-state index in [1.807, 2.05) is 0 Å². The van der Waals surface area contributed by atoms with Crippen LogP contribution in [-0.4, -0.2) is 28.1 Å². The van der Waals surface area contributed by atoms with Gasteiger partial charge < -0.3 is 16.2 Å². The lowest BCUT2D eigenvalue weighted by atomic mass is 10.1. The molecule has 0 unspecified atom stereocenters. The highest BCUT2D eigenvalue weighted by atomic mass is 32.1. The van der Waals surface area contributed by atoms with Crippen LogP contribution in [0.3, 0.4) is 0 Å². The Morgan fingerprint density at radius 1 is 1.48 bits per heavy atom. The van der Waals surface area contributed by atoms with Crippen molar-refractivity contribution in [3.05, 3.63) is 22.2 Å². The highest BCUT2D eigenvalue weighted by molar-refractivity contribution is 7.21. The fourth-order valence-electron chi connectivity index (χ4n) is 2.94. The van der Waals surface area contributed by atoms with E-state index in [2.05, 4.69) is 16.4 Å². The van der Waals surface area contributed by atoms with Crippen molar-refractivity contribution >= 4 is 33.1 Å². The number of nitrogen functional groups attached to an aromatic ring is 1. The summed E-state index contributed by atoms with van der Waals surface area (Å²) >= 11 is 1.35. The Bertz CT molecular complexity index is 749. The van der Waals surface area contributed by atoms with Crippen LogP contribution in [0.1, 0.15) is 40.2 Å². The van der Waals surface area contributed by atoms with Crippen LogP contribution in [0, 0.1) is 0 Å². The van der Waals surface area contributed by atoms with Gasteiger partial charge >= 0.3 is 0 Å². The van der Waals surface area contributed by atoms with E-state index < -0.39 is 5.54 Å². The Kier molecular flexibility index (Phi) is 2.74. The molecule has 21 heavy (non-hydrogen) atoms. The molecule has 0 aromatic carbocycles. The summed E-state index contributed by atoms with van der Waals surface area (Å²) in [6.07, 6.45) is 4.85. The molecule has 0 atom stereocenters. The van der Waals surface area contributed by atoms with Crippen molar-refractivity contribution < 1.29 is 9.90 Å². The maximum absolute atomic E-state index is 12.4. The first-order valence-electron chi connectivity index (χ1n) is 7.26. The van der Waals surface area contributed by atoms with Crippen molar-refractivity contribution in [2.45, 2.75) is 37.6 Å². The Labute approximate surface area is 126 Å². The molecule has 1 saturated carbocycles. The van der Waals surface area contributed by atoms with E-state index in [9.17, 15) is 9.90 Å². The summed E-state index contributed by atoms with van der Waals surface area (Å²) in [6, 6.07) is 2.09. The van der Waals surface area contributed by atoms with Crippen LogP contribution in [0.5, 0.6) is 0 Å². The third kappa shape index (κ3) is 2.01. The summed E-state index contributed by atoms with van der Waals surface area (Å²) in [5, 5.41) is 13.1. The number of nitrogens with two attached hydrogens (primary N) is 1. The van der Waals surface area contributed by atoms with E-state index in [1.54, 1.807) is 0 Å². The fourth-order valence-corrected chi connectivity index (χ4v) is 3.93. The molecule has 2 aliphatic carbocycles. The minimum absolute atomic E-state index is 0.0178. The molecule has 2 heterocycles. The molecular weight excluding hydrogens is 286 g/mol. The molecule has 4 rings (SSSR count). The van der Waals surface area contributed by atoms with Gasteiger partial charge in [-0.3, -0.25) is 4.79 Å². The highest BCUT2D eigenvalue weighted by Crippen LogP contribution is 2.38. The zero-order valence-electron chi connectivity index (χ0n) is 11.6. The number of thiophene rings is 1. The number of rotatable bonds is 3. The first kappa shape index (κ1) is 13.0. The van der Waals surface area contributed by atoms with Crippen molar-refractivity contribution in [3.8, 4) is 0 Å². The Hall–Kier alpha value is -1.66. The van der Waals surface area contributed by atoms with Gasteiger partial charge in [-0.15, -0.1) is 11.3 Å². The van der Waals surface area contributed by atoms with E-state index in [1.165, 1.54) is 16.9 Å². The second-order valence-corrected chi connectivity index (χ2v) is 7.04. The topological polar surface area (TPSA) is 88.2 Å². The monoisotopic (exact) mass is 303 g/mol. The molecular formula is C15H17N3O2S. The maximum atomic E-state index is 12.4. The molecule has 6 heteroatoms. The average Bonchev–Trinajstić information content (AvgIpc) is 2.97. The van der Waals surface area contributed by atoms with Gasteiger partial charge in [-0.25, -0.2) is 4.98 Å². The van der Waals surface area contributed by atoms with Crippen LogP contribution in [0.4, 0.5) is 5.69 Å². The van der Waals surface area contributed by atoms with Gasteiger partial charge in [-0.2, -0.15) is 0 Å². The van der Waals surface area contributed by atoms with Crippen LogP contribution in [0.25, 0.3) is 10.2 Å². The third-order valence-electron chi connectivity index (χ3n) is 4.49. The summed E-state index contributed by atoms with van der Waals surface area (Å²) in [6.45, 7) is -0.0178. The third-order valence-corrected chi connectivity index (χ3v) is 5.60. The first-order valence-corrected chi connectivity index (χ1v) is 8.08. The smallest absolute Gasteiger partial charge is 0.264 e. The Morgan fingerprint density at radius 2 is 2.29 bits per heavy atom. The van der Waals surface area contributed by atoms with Crippen molar-refractivity contribution in [2.75, 3.05) is 12.3 Å². The lowest BCUT2D eigenvalue weighted by Gasteiger charge is -2.13. The molecule has 2 aliphatic rings. The van der Waals surface area contributed by atoms with Crippen LogP contribution < -0.4 is 11.1 Å². The normalized spacial score (nSPS) is 18.7.